The Bertz CT molecular complexity index is 271. The van der Waals surface area contributed by atoms with Gasteiger partial charge in [0.2, 0.25) is 0 Å². The molecule has 1 saturated carbocycles. The van der Waals surface area contributed by atoms with Crippen LogP contribution in [0.5, 0.6) is 0 Å². The van der Waals surface area contributed by atoms with Crippen LogP contribution < -0.4 is 5.32 Å². The number of rotatable bonds is 5. The Labute approximate surface area is 126 Å². The summed E-state index contributed by atoms with van der Waals surface area (Å²) in [5, 5.41) is 3.61. The molecule has 0 spiro atoms. The molecule has 1 aliphatic heterocycles. The lowest BCUT2D eigenvalue weighted by molar-refractivity contribution is 0.0836. The van der Waals surface area contributed by atoms with E-state index in [9.17, 15) is 0 Å². The van der Waals surface area contributed by atoms with Gasteiger partial charge in [-0.05, 0) is 69.5 Å². The number of hydrogen-bond acceptors (Lipinski definition) is 2. The minimum absolute atomic E-state index is 0.738. The molecule has 0 aromatic carbocycles. The minimum atomic E-state index is 0.738. The van der Waals surface area contributed by atoms with Gasteiger partial charge in [0, 0.05) is 12.6 Å². The highest BCUT2D eigenvalue weighted by molar-refractivity contribution is 4.89. The van der Waals surface area contributed by atoms with E-state index in [0.29, 0.717) is 0 Å². The molecule has 0 amide bonds. The van der Waals surface area contributed by atoms with E-state index in [1.165, 1.54) is 58.2 Å². The van der Waals surface area contributed by atoms with Crippen LogP contribution in [-0.2, 0) is 0 Å². The molecule has 2 fully saturated rings. The lowest BCUT2D eigenvalue weighted by Gasteiger charge is -2.43. The Morgan fingerprint density at radius 2 is 1.80 bits per heavy atom. The van der Waals surface area contributed by atoms with Gasteiger partial charge in [0.05, 0.1) is 0 Å². The second-order valence-electron chi connectivity index (χ2n) is 7.65. The van der Waals surface area contributed by atoms with Crippen molar-refractivity contribution in [1.82, 2.24) is 10.2 Å². The summed E-state index contributed by atoms with van der Waals surface area (Å²) in [6, 6.07) is 0.738. The predicted molar refractivity (Wildman–Crippen MR) is 88.0 cm³/mol. The average molecular weight is 281 g/mol. The van der Waals surface area contributed by atoms with E-state index >= 15 is 0 Å². The minimum Gasteiger partial charge on any atom is -0.317 e. The molecule has 1 saturated heterocycles. The van der Waals surface area contributed by atoms with Crippen molar-refractivity contribution in [2.45, 2.75) is 65.3 Å². The first-order valence-corrected chi connectivity index (χ1v) is 9.03. The Kier molecular flexibility index (Phi) is 6.35. The molecule has 1 aliphatic carbocycles. The highest BCUT2D eigenvalue weighted by atomic mass is 15.1. The highest BCUT2D eigenvalue weighted by Gasteiger charge is 2.34. The van der Waals surface area contributed by atoms with Crippen LogP contribution in [0.2, 0.25) is 0 Å². The molecular weight excluding hydrogens is 244 g/mol. The van der Waals surface area contributed by atoms with Gasteiger partial charge in [-0.25, -0.2) is 0 Å². The van der Waals surface area contributed by atoms with Gasteiger partial charge in [0.15, 0.2) is 0 Å². The van der Waals surface area contributed by atoms with Crippen molar-refractivity contribution in [2.24, 2.45) is 23.7 Å². The zero-order valence-electron chi connectivity index (χ0n) is 14.2. The summed E-state index contributed by atoms with van der Waals surface area (Å²) in [4.78, 5) is 2.76. The van der Waals surface area contributed by atoms with Gasteiger partial charge in [0.25, 0.3) is 0 Å². The van der Waals surface area contributed by atoms with Crippen molar-refractivity contribution < 1.29 is 0 Å². The Hall–Kier alpha value is -0.0800. The van der Waals surface area contributed by atoms with Crippen molar-refractivity contribution in [3.8, 4) is 0 Å². The number of nitrogens with zero attached hydrogens (tertiary/aromatic N) is 1. The second-order valence-corrected chi connectivity index (χ2v) is 7.65. The summed E-state index contributed by atoms with van der Waals surface area (Å²) in [6.45, 7) is 11.3. The summed E-state index contributed by atoms with van der Waals surface area (Å²) in [7, 11) is 2.16. The van der Waals surface area contributed by atoms with Crippen LogP contribution in [0.1, 0.15) is 59.3 Å². The van der Waals surface area contributed by atoms with Crippen LogP contribution >= 0.6 is 0 Å². The van der Waals surface area contributed by atoms with Gasteiger partial charge in [-0.1, -0.05) is 33.6 Å². The summed E-state index contributed by atoms with van der Waals surface area (Å²) >= 11 is 0. The summed E-state index contributed by atoms with van der Waals surface area (Å²) in [5.74, 6) is 3.65. The van der Waals surface area contributed by atoms with Crippen LogP contribution in [0.3, 0.4) is 0 Å². The molecule has 2 nitrogen and oxygen atoms in total. The van der Waals surface area contributed by atoms with Crippen molar-refractivity contribution in [3.05, 3.63) is 0 Å². The van der Waals surface area contributed by atoms with Crippen LogP contribution in [0.15, 0.2) is 0 Å². The van der Waals surface area contributed by atoms with E-state index < -0.39 is 0 Å². The molecule has 20 heavy (non-hydrogen) atoms. The van der Waals surface area contributed by atoms with Crippen LogP contribution in [0.4, 0.5) is 0 Å². The first-order valence-electron chi connectivity index (χ1n) is 9.03. The maximum Gasteiger partial charge on any atom is 0.0110 e. The summed E-state index contributed by atoms with van der Waals surface area (Å²) in [6.07, 6.45) is 8.49. The molecule has 4 atom stereocenters. The second kappa shape index (κ2) is 7.79. The van der Waals surface area contributed by atoms with Crippen molar-refractivity contribution in [3.63, 3.8) is 0 Å². The Balaban J connectivity index is 1.83. The Morgan fingerprint density at radius 1 is 1.10 bits per heavy atom. The molecule has 1 N–H and O–H groups in total. The molecular formula is C18H36N2. The maximum absolute atomic E-state index is 3.61. The third kappa shape index (κ3) is 4.21. The van der Waals surface area contributed by atoms with Gasteiger partial charge in [-0.3, -0.25) is 0 Å². The van der Waals surface area contributed by atoms with E-state index in [1.807, 2.05) is 0 Å². The number of hydrogen-bond donors (Lipinski definition) is 1. The van der Waals surface area contributed by atoms with Crippen LogP contribution in [-0.4, -0.2) is 37.6 Å². The molecule has 2 rings (SSSR count). The SMILES string of the molecule is CCCC1CCN(CC2C(C)CC(C)CC2NC)CC1. The first-order chi connectivity index (χ1) is 9.63. The maximum atomic E-state index is 3.61. The topological polar surface area (TPSA) is 15.3 Å². The summed E-state index contributed by atoms with van der Waals surface area (Å²) in [5.41, 5.74) is 0. The predicted octanol–water partition coefficient (Wildman–Crippen LogP) is 3.77. The molecule has 0 aromatic heterocycles. The van der Waals surface area contributed by atoms with E-state index in [-0.39, 0.29) is 0 Å². The third-order valence-corrected chi connectivity index (χ3v) is 5.92. The third-order valence-electron chi connectivity index (χ3n) is 5.92. The fourth-order valence-electron chi connectivity index (χ4n) is 4.71. The van der Waals surface area contributed by atoms with Gasteiger partial charge in [0.1, 0.15) is 0 Å². The number of likely N-dealkylation sites (tertiary alicyclic amines) is 1. The molecule has 0 aromatic rings. The van der Waals surface area contributed by atoms with Gasteiger partial charge < -0.3 is 10.2 Å². The molecule has 0 bridgehead atoms. The zero-order valence-corrected chi connectivity index (χ0v) is 14.2. The van der Waals surface area contributed by atoms with E-state index in [4.69, 9.17) is 0 Å². The fraction of sp³-hybridized carbons (Fsp3) is 1.00. The van der Waals surface area contributed by atoms with Crippen molar-refractivity contribution in [2.75, 3.05) is 26.7 Å². The Morgan fingerprint density at radius 3 is 2.40 bits per heavy atom. The van der Waals surface area contributed by atoms with Crippen molar-refractivity contribution in [1.29, 1.82) is 0 Å². The van der Waals surface area contributed by atoms with Gasteiger partial charge in [-0.2, -0.15) is 0 Å². The normalized spacial score (nSPS) is 37.2. The van der Waals surface area contributed by atoms with Gasteiger partial charge >= 0.3 is 0 Å². The largest absolute Gasteiger partial charge is 0.317 e. The fourth-order valence-corrected chi connectivity index (χ4v) is 4.71. The first kappa shape index (κ1) is 16.3. The van der Waals surface area contributed by atoms with Crippen LogP contribution in [0.25, 0.3) is 0 Å². The molecule has 4 unspecified atom stereocenters. The zero-order chi connectivity index (χ0) is 14.5. The molecule has 1 heterocycles. The molecule has 2 heteroatoms. The quantitative estimate of drug-likeness (QED) is 0.824. The van der Waals surface area contributed by atoms with E-state index in [2.05, 4.69) is 38.0 Å². The monoisotopic (exact) mass is 280 g/mol. The van der Waals surface area contributed by atoms with Gasteiger partial charge in [-0.15, -0.1) is 0 Å². The lowest BCUT2D eigenvalue weighted by atomic mass is 9.72. The average Bonchev–Trinajstić information content (AvgIpc) is 2.43. The molecule has 118 valence electrons. The number of nitrogens with one attached hydrogen (secondary N) is 1. The molecule has 2 aliphatic rings. The van der Waals surface area contributed by atoms with E-state index in [1.54, 1.807) is 0 Å². The van der Waals surface area contributed by atoms with E-state index in [0.717, 1.165) is 29.7 Å². The summed E-state index contributed by atoms with van der Waals surface area (Å²) < 4.78 is 0. The highest BCUT2D eigenvalue weighted by Crippen LogP contribution is 2.35. The smallest absolute Gasteiger partial charge is 0.0110 e. The van der Waals surface area contributed by atoms with Crippen LogP contribution in [0, 0.1) is 23.7 Å². The standard InChI is InChI=1S/C18H36N2/c1-5-6-16-7-9-20(10-8-16)13-17-15(3)11-14(2)12-18(17)19-4/h14-19H,5-13H2,1-4H3. The number of piperidine rings is 1. The molecule has 0 radical (unpaired) electrons. The lowest BCUT2D eigenvalue weighted by Crippen LogP contribution is -2.49. The van der Waals surface area contributed by atoms with Crippen molar-refractivity contribution >= 4 is 0 Å².